The van der Waals surface area contributed by atoms with E-state index in [0.29, 0.717) is 5.92 Å². The van der Waals surface area contributed by atoms with Crippen LogP contribution in [0.4, 0.5) is 5.69 Å². The Morgan fingerprint density at radius 1 is 1.31 bits per heavy atom. The third kappa shape index (κ3) is 1.15. The third-order valence-corrected chi connectivity index (χ3v) is 3.87. The van der Waals surface area contributed by atoms with Gasteiger partial charge in [-0.1, -0.05) is 18.2 Å². The molecule has 2 atom stereocenters. The van der Waals surface area contributed by atoms with Gasteiger partial charge in [0.1, 0.15) is 0 Å². The van der Waals surface area contributed by atoms with Crippen molar-refractivity contribution in [2.75, 3.05) is 25.0 Å². The lowest BCUT2D eigenvalue weighted by Crippen LogP contribution is -2.41. The first-order valence-corrected chi connectivity index (χ1v) is 5.78. The number of hydrogen-bond acceptors (Lipinski definition) is 2. The number of carbonyl (C=O) groups excluding carboxylic acids is 1. The lowest BCUT2D eigenvalue weighted by Gasteiger charge is -2.34. The van der Waals surface area contributed by atoms with Crippen LogP contribution in [-0.2, 0) is 4.79 Å². The first-order valence-electron chi connectivity index (χ1n) is 5.78. The fourth-order valence-electron chi connectivity index (χ4n) is 3.06. The van der Waals surface area contributed by atoms with Crippen molar-refractivity contribution in [1.29, 1.82) is 0 Å². The topological polar surface area (TPSA) is 32.3 Å². The number of para-hydroxylation sites is 1. The van der Waals surface area contributed by atoms with Crippen molar-refractivity contribution in [2.24, 2.45) is 5.92 Å². The van der Waals surface area contributed by atoms with E-state index in [1.54, 1.807) is 0 Å². The van der Waals surface area contributed by atoms with Crippen LogP contribution in [0, 0.1) is 12.8 Å². The lowest BCUT2D eigenvalue weighted by molar-refractivity contribution is -0.122. The second-order valence-corrected chi connectivity index (χ2v) is 4.78. The highest BCUT2D eigenvalue weighted by molar-refractivity contribution is 5.99. The van der Waals surface area contributed by atoms with Crippen molar-refractivity contribution in [2.45, 2.75) is 12.8 Å². The molecule has 0 unspecified atom stereocenters. The van der Waals surface area contributed by atoms with Crippen molar-refractivity contribution in [3.63, 3.8) is 0 Å². The van der Waals surface area contributed by atoms with Crippen LogP contribution in [0.2, 0.25) is 0 Å². The van der Waals surface area contributed by atoms with Gasteiger partial charge in [-0.05, 0) is 18.1 Å². The Labute approximate surface area is 95.4 Å². The van der Waals surface area contributed by atoms with Gasteiger partial charge in [0, 0.05) is 31.7 Å². The minimum absolute atomic E-state index is 0.138. The fourth-order valence-corrected chi connectivity index (χ4v) is 3.06. The summed E-state index contributed by atoms with van der Waals surface area (Å²) in [5, 5.41) is 3.33. The van der Waals surface area contributed by atoms with E-state index in [-0.39, 0.29) is 11.8 Å². The number of fused-ring (bicyclic) bond motifs is 3. The zero-order chi connectivity index (χ0) is 11.3. The summed E-state index contributed by atoms with van der Waals surface area (Å²) in [7, 11) is 1.89. The molecule has 0 aliphatic carbocycles. The van der Waals surface area contributed by atoms with Gasteiger partial charge in [0.05, 0.1) is 5.92 Å². The summed E-state index contributed by atoms with van der Waals surface area (Å²) >= 11 is 0. The summed E-state index contributed by atoms with van der Waals surface area (Å²) in [5.41, 5.74) is 3.65. The molecule has 0 saturated carbocycles. The van der Waals surface area contributed by atoms with Gasteiger partial charge in [0.15, 0.2) is 0 Å². The van der Waals surface area contributed by atoms with Gasteiger partial charge in [-0.15, -0.1) is 0 Å². The molecule has 0 radical (unpaired) electrons. The second-order valence-electron chi connectivity index (χ2n) is 4.78. The number of nitrogens with zero attached hydrogens (tertiary/aromatic N) is 1. The van der Waals surface area contributed by atoms with E-state index in [1.807, 2.05) is 11.9 Å². The van der Waals surface area contributed by atoms with Gasteiger partial charge < -0.3 is 10.2 Å². The predicted molar refractivity (Wildman–Crippen MR) is 63.7 cm³/mol. The van der Waals surface area contributed by atoms with E-state index < -0.39 is 0 Å². The summed E-state index contributed by atoms with van der Waals surface area (Å²) in [6.07, 6.45) is 0. The molecular formula is C13H16N2O. The average molecular weight is 216 g/mol. The maximum absolute atomic E-state index is 12.2. The molecule has 0 aromatic heterocycles. The van der Waals surface area contributed by atoms with Gasteiger partial charge in [0.2, 0.25) is 5.91 Å². The molecule has 2 heterocycles. The normalized spacial score (nSPS) is 27.9. The molecule has 3 heteroatoms. The number of nitrogens with one attached hydrogen (secondary N) is 1. The Balaban J connectivity index is 2.20. The number of amides is 1. The van der Waals surface area contributed by atoms with Crippen LogP contribution < -0.4 is 10.2 Å². The van der Waals surface area contributed by atoms with Crippen LogP contribution in [0.25, 0.3) is 0 Å². The van der Waals surface area contributed by atoms with Crippen molar-refractivity contribution in [3.8, 4) is 0 Å². The Hall–Kier alpha value is -1.35. The van der Waals surface area contributed by atoms with Gasteiger partial charge in [-0.25, -0.2) is 0 Å². The summed E-state index contributed by atoms with van der Waals surface area (Å²) in [6, 6.07) is 6.33. The summed E-state index contributed by atoms with van der Waals surface area (Å²) < 4.78 is 0. The maximum atomic E-state index is 12.2. The molecule has 1 N–H and O–H groups in total. The molecule has 1 amide bonds. The van der Waals surface area contributed by atoms with E-state index in [1.165, 1.54) is 11.1 Å². The second kappa shape index (κ2) is 3.32. The predicted octanol–water partition coefficient (Wildman–Crippen LogP) is 1.27. The Kier molecular flexibility index (Phi) is 2.04. The smallest absolute Gasteiger partial charge is 0.231 e. The van der Waals surface area contributed by atoms with Crippen LogP contribution in [0.5, 0.6) is 0 Å². The van der Waals surface area contributed by atoms with E-state index in [9.17, 15) is 4.79 Å². The van der Waals surface area contributed by atoms with Gasteiger partial charge in [-0.2, -0.15) is 0 Å². The summed E-state index contributed by atoms with van der Waals surface area (Å²) in [4.78, 5) is 14.0. The maximum Gasteiger partial charge on any atom is 0.231 e. The molecule has 16 heavy (non-hydrogen) atoms. The minimum atomic E-state index is 0.138. The molecule has 2 aliphatic heterocycles. The molecule has 1 fully saturated rings. The largest absolute Gasteiger partial charge is 0.315 e. The highest BCUT2D eigenvalue weighted by atomic mass is 16.2. The number of aryl methyl sites for hydroxylation is 1. The average Bonchev–Trinajstić information content (AvgIpc) is 2.74. The molecule has 1 saturated heterocycles. The highest BCUT2D eigenvalue weighted by Gasteiger charge is 2.41. The molecule has 1 aromatic carbocycles. The van der Waals surface area contributed by atoms with Crippen molar-refractivity contribution >= 4 is 11.6 Å². The summed E-state index contributed by atoms with van der Waals surface area (Å²) in [6.45, 7) is 3.83. The monoisotopic (exact) mass is 216 g/mol. The molecule has 0 bridgehead atoms. The number of anilines is 1. The third-order valence-electron chi connectivity index (χ3n) is 3.87. The van der Waals surface area contributed by atoms with Crippen LogP contribution in [0.15, 0.2) is 18.2 Å². The molecule has 0 spiro atoms. The first kappa shape index (κ1) is 9.85. The fraction of sp³-hybridized carbons (Fsp3) is 0.462. The number of benzene rings is 1. The molecule has 1 aromatic rings. The van der Waals surface area contributed by atoms with Gasteiger partial charge >= 0.3 is 0 Å². The van der Waals surface area contributed by atoms with E-state index in [4.69, 9.17) is 0 Å². The zero-order valence-electron chi connectivity index (χ0n) is 9.66. The van der Waals surface area contributed by atoms with Crippen molar-refractivity contribution < 1.29 is 4.79 Å². The van der Waals surface area contributed by atoms with Gasteiger partial charge in [0.25, 0.3) is 0 Å². The standard InChI is InChI=1S/C13H16N2O/c1-8-4-3-5-9-10-6-14-7-11(10)13(16)15(2)12(8)9/h3-5,10-11,14H,6-7H2,1-2H3/t10-,11-/m0/s1. The number of hydrogen-bond donors (Lipinski definition) is 1. The van der Waals surface area contributed by atoms with Crippen molar-refractivity contribution in [3.05, 3.63) is 29.3 Å². The van der Waals surface area contributed by atoms with Crippen molar-refractivity contribution in [1.82, 2.24) is 5.32 Å². The Morgan fingerprint density at radius 3 is 2.88 bits per heavy atom. The summed E-state index contributed by atoms with van der Waals surface area (Å²) in [5.74, 6) is 0.773. The molecule has 2 aliphatic rings. The zero-order valence-corrected chi connectivity index (χ0v) is 9.66. The highest BCUT2D eigenvalue weighted by Crippen LogP contribution is 2.41. The van der Waals surface area contributed by atoms with E-state index in [0.717, 1.165) is 18.8 Å². The Bertz CT molecular complexity index is 455. The number of rotatable bonds is 0. The number of carbonyl (C=O) groups is 1. The van der Waals surface area contributed by atoms with Crippen LogP contribution >= 0.6 is 0 Å². The van der Waals surface area contributed by atoms with E-state index >= 15 is 0 Å². The van der Waals surface area contributed by atoms with Crippen LogP contribution in [0.1, 0.15) is 17.0 Å². The van der Waals surface area contributed by atoms with Crippen LogP contribution in [-0.4, -0.2) is 26.0 Å². The molecule has 3 nitrogen and oxygen atoms in total. The van der Waals surface area contributed by atoms with Gasteiger partial charge in [-0.3, -0.25) is 4.79 Å². The molecule has 3 rings (SSSR count). The Morgan fingerprint density at radius 2 is 2.06 bits per heavy atom. The minimum Gasteiger partial charge on any atom is -0.315 e. The quantitative estimate of drug-likeness (QED) is 0.708. The SMILES string of the molecule is Cc1cccc2c1N(C)C(=O)[C@H]1CNC[C@@H]21. The molecular weight excluding hydrogens is 200 g/mol. The van der Waals surface area contributed by atoms with Crippen LogP contribution in [0.3, 0.4) is 0 Å². The molecule has 84 valence electrons. The first-order chi connectivity index (χ1) is 7.70. The van der Waals surface area contributed by atoms with E-state index in [2.05, 4.69) is 30.4 Å². The lowest BCUT2D eigenvalue weighted by atomic mass is 9.82.